The topological polar surface area (TPSA) is 58.1 Å². The van der Waals surface area contributed by atoms with Gasteiger partial charge in [-0.2, -0.15) is 0 Å². The number of amides is 1. The second kappa shape index (κ2) is 6.41. The zero-order valence-corrected chi connectivity index (χ0v) is 15.3. The van der Waals surface area contributed by atoms with E-state index in [1.807, 2.05) is 44.8 Å². The Bertz CT molecular complexity index is 992. The minimum Gasteiger partial charge on any atom is -0.377 e. The average Bonchev–Trinajstić information content (AvgIpc) is 3.46. The fourth-order valence-electron chi connectivity index (χ4n) is 3.24. The summed E-state index contributed by atoms with van der Waals surface area (Å²) < 4.78 is 0. The van der Waals surface area contributed by atoms with Gasteiger partial charge in [0.15, 0.2) is 0 Å². The molecule has 5 heteroatoms. The van der Waals surface area contributed by atoms with Crippen LogP contribution in [0.15, 0.2) is 42.9 Å². The lowest BCUT2D eigenvalue weighted by Gasteiger charge is -2.18. The standard InChI is InChI=1S/C21H22N4O/c1-13-8-15(18-11-22-7-6-19(18)25(2)3)9-16-10-20(23-12-17(13)16)24-21(26)14-4-5-14/h6-12,14H,4-5H2,1-3H3,(H,23,24,26). The van der Waals surface area contributed by atoms with Crippen LogP contribution in [0.1, 0.15) is 18.4 Å². The van der Waals surface area contributed by atoms with E-state index in [2.05, 4.69) is 39.2 Å². The number of carbonyl (C=O) groups is 1. The molecule has 1 N–H and O–H groups in total. The van der Waals surface area contributed by atoms with Gasteiger partial charge in [-0.25, -0.2) is 4.98 Å². The Hall–Kier alpha value is -2.95. The van der Waals surface area contributed by atoms with Crippen LogP contribution in [-0.2, 0) is 4.79 Å². The Morgan fingerprint density at radius 1 is 1.19 bits per heavy atom. The van der Waals surface area contributed by atoms with Gasteiger partial charge in [0.1, 0.15) is 5.82 Å². The third kappa shape index (κ3) is 3.12. The number of nitrogens with one attached hydrogen (secondary N) is 1. The number of fused-ring (bicyclic) bond motifs is 1. The van der Waals surface area contributed by atoms with Crippen molar-refractivity contribution in [3.8, 4) is 11.1 Å². The van der Waals surface area contributed by atoms with Crippen molar-refractivity contribution in [2.45, 2.75) is 19.8 Å². The minimum atomic E-state index is 0.0758. The van der Waals surface area contributed by atoms with E-state index in [0.29, 0.717) is 5.82 Å². The zero-order valence-electron chi connectivity index (χ0n) is 15.3. The first kappa shape index (κ1) is 16.5. The molecule has 1 aromatic carbocycles. The van der Waals surface area contributed by atoms with Gasteiger partial charge in [-0.1, -0.05) is 6.07 Å². The highest BCUT2D eigenvalue weighted by Gasteiger charge is 2.29. The molecule has 0 unspecified atom stereocenters. The Morgan fingerprint density at radius 2 is 2.00 bits per heavy atom. The summed E-state index contributed by atoms with van der Waals surface area (Å²) in [6, 6.07) is 8.28. The van der Waals surface area contributed by atoms with Crippen LogP contribution in [0.4, 0.5) is 11.5 Å². The van der Waals surface area contributed by atoms with Crippen LogP contribution in [0.2, 0.25) is 0 Å². The van der Waals surface area contributed by atoms with E-state index in [0.717, 1.165) is 46.0 Å². The van der Waals surface area contributed by atoms with Gasteiger partial charge in [-0.05, 0) is 54.5 Å². The van der Waals surface area contributed by atoms with E-state index in [-0.39, 0.29) is 11.8 Å². The summed E-state index contributed by atoms with van der Waals surface area (Å²) in [6.07, 6.45) is 7.51. The van der Waals surface area contributed by atoms with Gasteiger partial charge in [0.25, 0.3) is 0 Å². The first-order valence-electron chi connectivity index (χ1n) is 8.86. The Kier molecular flexibility index (Phi) is 4.07. The number of aryl methyl sites for hydroxylation is 1. The second-order valence-corrected chi connectivity index (χ2v) is 7.13. The fourth-order valence-corrected chi connectivity index (χ4v) is 3.24. The van der Waals surface area contributed by atoms with E-state index in [1.165, 1.54) is 0 Å². The predicted molar refractivity (Wildman–Crippen MR) is 105 cm³/mol. The summed E-state index contributed by atoms with van der Waals surface area (Å²) in [4.78, 5) is 22.8. The van der Waals surface area contributed by atoms with E-state index >= 15 is 0 Å². The number of hydrogen-bond donors (Lipinski definition) is 1. The quantitative estimate of drug-likeness (QED) is 0.775. The third-order valence-corrected chi connectivity index (χ3v) is 4.83. The van der Waals surface area contributed by atoms with Crippen LogP contribution >= 0.6 is 0 Å². The minimum absolute atomic E-state index is 0.0758. The number of pyridine rings is 2. The van der Waals surface area contributed by atoms with Crippen LogP contribution in [0.3, 0.4) is 0 Å². The van der Waals surface area contributed by atoms with Crippen molar-refractivity contribution in [1.29, 1.82) is 0 Å². The van der Waals surface area contributed by atoms with Crippen LogP contribution in [0.25, 0.3) is 21.9 Å². The van der Waals surface area contributed by atoms with Crippen molar-refractivity contribution < 1.29 is 4.79 Å². The maximum absolute atomic E-state index is 12.0. The highest BCUT2D eigenvalue weighted by atomic mass is 16.2. The van der Waals surface area contributed by atoms with Crippen LogP contribution < -0.4 is 10.2 Å². The van der Waals surface area contributed by atoms with Gasteiger partial charge in [-0.3, -0.25) is 9.78 Å². The van der Waals surface area contributed by atoms with Crippen molar-refractivity contribution >= 4 is 28.2 Å². The van der Waals surface area contributed by atoms with Crippen molar-refractivity contribution in [3.63, 3.8) is 0 Å². The fraction of sp³-hybridized carbons (Fsp3) is 0.286. The highest BCUT2D eigenvalue weighted by molar-refractivity contribution is 5.97. The number of rotatable bonds is 4. The van der Waals surface area contributed by atoms with Crippen molar-refractivity contribution in [2.24, 2.45) is 5.92 Å². The molecule has 3 aromatic rings. The maximum Gasteiger partial charge on any atom is 0.228 e. The Balaban J connectivity index is 1.78. The molecule has 1 aliphatic rings. The van der Waals surface area contributed by atoms with Crippen LogP contribution in [0.5, 0.6) is 0 Å². The van der Waals surface area contributed by atoms with E-state index in [9.17, 15) is 4.79 Å². The Labute approximate surface area is 153 Å². The third-order valence-electron chi connectivity index (χ3n) is 4.83. The predicted octanol–water partition coefficient (Wildman–Crippen LogP) is 4.02. The number of carbonyl (C=O) groups excluding carboxylic acids is 1. The van der Waals surface area contributed by atoms with Crippen molar-refractivity contribution in [1.82, 2.24) is 9.97 Å². The van der Waals surface area contributed by atoms with Gasteiger partial charge in [0.2, 0.25) is 5.91 Å². The summed E-state index contributed by atoms with van der Waals surface area (Å²) >= 11 is 0. The normalized spacial score (nSPS) is 13.7. The number of nitrogens with zero attached hydrogens (tertiary/aromatic N) is 3. The van der Waals surface area contributed by atoms with Gasteiger partial charge < -0.3 is 10.2 Å². The molecular formula is C21H22N4O. The lowest BCUT2D eigenvalue weighted by atomic mass is 9.98. The summed E-state index contributed by atoms with van der Waals surface area (Å²) in [7, 11) is 4.06. The molecule has 0 atom stereocenters. The number of benzene rings is 1. The zero-order chi connectivity index (χ0) is 18.3. The molecule has 1 amide bonds. The molecule has 1 fully saturated rings. The molecule has 0 saturated heterocycles. The molecule has 5 nitrogen and oxygen atoms in total. The summed E-state index contributed by atoms with van der Waals surface area (Å²) in [5, 5.41) is 5.09. The molecule has 0 aliphatic heterocycles. The lowest BCUT2D eigenvalue weighted by molar-refractivity contribution is -0.117. The first-order valence-corrected chi connectivity index (χ1v) is 8.86. The summed E-state index contributed by atoms with van der Waals surface area (Å²) in [5.41, 5.74) is 4.47. The first-order chi connectivity index (χ1) is 12.5. The molecule has 4 rings (SSSR count). The van der Waals surface area contributed by atoms with Crippen molar-refractivity contribution in [2.75, 3.05) is 24.3 Å². The molecule has 1 saturated carbocycles. The largest absolute Gasteiger partial charge is 0.377 e. The number of hydrogen-bond acceptors (Lipinski definition) is 4. The summed E-state index contributed by atoms with van der Waals surface area (Å²) in [5.74, 6) is 0.857. The molecule has 0 spiro atoms. The lowest BCUT2D eigenvalue weighted by Crippen LogP contribution is -2.14. The highest BCUT2D eigenvalue weighted by Crippen LogP contribution is 2.34. The Morgan fingerprint density at radius 3 is 2.73 bits per heavy atom. The second-order valence-electron chi connectivity index (χ2n) is 7.13. The molecule has 2 aromatic heterocycles. The molecule has 132 valence electrons. The van der Waals surface area contributed by atoms with E-state index in [4.69, 9.17) is 0 Å². The maximum atomic E-state index is 12.0. The summed E-state index contributed by atoms with van der Waals surface area (Å²) in [6.45, 7) is 2.08. The SMILES string of the molecule is Cc1cc(-c2cnccc2N(C)C)cc2cc(NC(=O)C3CC3)ncc12. The van der Waals surface area contributed by atoms with E-state index in [1.54, 1.807) is 0 Å². The average molecular weight is 346 g/mol. The van der Waals surface area contributed by atoms with Gasteiger partial charge in [-0.15, -0.1) is 0 Å². The van der Waals surface area contributed by atoms with Gasteiger partial charge in [0.05, 0.1) is 0 Å². The molecule has 0 bridgehead atoms. The molecule has 26 heavy (non-hydrogen) atoms. The van der Waals surface area contributed by atoms with Crippen molar-refractivity contribution in [3.05, 3.63) is 48.4 Å². The smallest absolute Gasteiger partial charge is 0.228 e. The van der Waals surface area contributed by atoms with Crippen LogP contribution in [-0.4, -0.2) is 30.0 Å². The number of aromatic nitrogens is 2. The van der Waals surface area contributed by atoms with Crippen LogP contribution in [0, 0.1) is 12.8 Å². The molecule has 0 radical (unpaired) electrons. The van der Waals surface area contributed by atoms with E-state index < -0.39 is 0 Å². The van der Waals surface area contributed by atoms with Gasteiger partial charge >= 0.3 is 0 Å². The monoisotopic (exact) mass is 346 g/mol. The molecular weight excluding hydrogens is 324 g/mol. The molecule has 2 heterocycles. The van der Waals surface area contributed by atoms with Gasteiger partial charge in [0, 0.05) is 55.2 Å². The molecule has 1 aliphatic carbocycles. The number of anilines is 2.